The average molecular weight is 190 g/mol. The predicted molar refractivity (Wildman–Crippen MR) is 59.3 cm³/mol. The third-order valence-corrected chi connectivity index (χ3v) is 2.85. The van der Waals surface area contributed by atoms with Gasteiger partial charge in [-0.2, -0.15) is 0 Å². The topological polar surface area (TPSA) is 24.1 Å². The number of benzene rings is 1. The molecule has 0 radical (unpaired) electrons. The molecule has 2 nitrogen and oxygen atoms in total. The van der Waals surface area contributed by atoms with Gasteiger partial charge in [-0.3, -0.25) is 0 Å². The minimum absolute atomic E-state index is 0.459. The van der Waals surface area contributed by atoms with E-state index in [0.717, 1.165) is 13.1 Å². The van der Waals surface area contributed by atoms with Crippen molar-refractivity contribution < 1.29 is 0 Å². The van der Waals surface area contributed by atoms with Crippen molar-refractivity contribution in [2.45, 2.75) is 25.4 Å². The maximum Gasteiger partial charge on any atom is 0.0294 e. The van der Waals surface area contributed by atoms with Gasteiger partial charge in [0, 0.05) is 18.6 Å². The van der Waals surface area contributed by atoms with Gasteiger partial charge in [-0.05, 0) is 25.5 Å². The molecule has 1 aromatic rings. The molecular formula is C12H18N2. The van der Waals surface area contributed by atoms with E-state index < -0.39 is 0 Å². The summed E-state index contributed by atoms with van der Waals surface area (Å²) in [5.41, 5.74) is 1.37. The van der Waals surface area contributed by atoms with Crippen LogP contribution in [0.3, 0.4) is 0 Å². The lowest BCUT2D eigenvalue weighted by atomic mass is 10.1. The molecule has 0 amide bonds. The van der Waals surface area contributed by atoms with Crippen LogP contribution in [0, 0.1) is 0 Å². The molecule has 1 fully saturated rings. The average Bonchev–Trinajstić information content (AvgIpc) is 2.72. The lowest BCUT2D eigenvalue weighted by molar-refractivity contribution is 0.478. The Morgan fingerprint density at radius 2 is 2.14 bits per heavy atom. The maximum absolute atomic E-state index is 3.63. The van der Waals surface area contributed by atoms with E-state index in [1.54, 1.807) is 0 Å². The molecule has 76 valence electrons. The number of hydrogen-bond donors (Lipinski definition) is 2. The Morgan fingerprint density at radius 1 is 1.36 bits per heavy atom. The molecule has 0 bridgehead atoms. The summed E-state index contributed by atoms with van der Waals surface area (Å²) in [7, 11) is 0. The van der Waals surface area contributed by atoms with Crippen molar-refractivity contribution in [2.24, 2.45) is 0 Å². The van der Waals surface area contributed by atoms with Crippen molar-refractivity contribution in [3.8, 4) is 0 Å². The Hall–Kier alpha value is -0.860. The minimum atomic E-state index is 0.459. The van der Waals surface area contributed by atoms with Crippen LogP contribution in [0.2, 0.25) is 0 Å². The van der Waals surface area contributed by atoms with Crippen LogP contribution >= 0.6 is 0 Å². The fourth-order valence-electron chi connectivity index (χ4n) is 1.99. The molecule has 2 heteroatoms. The van der Waals surface area contributed by atoms with Gasteiger partial charge in [0.1, 0.15) is 0 Å². The Morgan fingerprint density at radius 3 is 2.79 bits per heavy atom. The predicted octanol–water partition coefficient (Wildman–Crippen LogP) is 1.70. The van der Waals surface area contributed by atoms with Crippen LogP contribution < -0.4 is 10.6 Å². The zero-order chi connectivity index (χ0) is 9.80. The van der Waals surface area contributed by atoms with Gasteiger partial charge >= 0.3 is 0 Å². The smallest absolute Gasteiger partial charge is 0.0294 e. The fourth-order valence-corrected chi connectivity index (χ4v) is 1.99. The van der Waals surface area contributed by atoms with Crippen LogP contribution in [0.5, 0.6) is 0 Å². The zero-order valence-corrected chi connectivity index (χ0v) is 8.66. The first-order valence-electron chi connectivity index (χ1n) is 5.38. The number of hydrogen-bond acceptors (Lipinski definition) is 2. The summed E-state index contributed by atoms with van der Waals surface area (Å²) in [6, 6.07) is 11.7. The zero-order valence-electron chi connectivity index (χ0n) is 8.66. The quantitative estimate of drug-likeness (QED) is 0.758. The van der Waals surface area contributed by atoms with Crippen LogP contribution in [0.4, 0.5) is 0 Å². The van der Waals surface area contributed by atoms with Gasteiger partial charge in [0.15, 0.2) is 0 Å². The van der Waals surface area contributed by atoms with Crippen LogP contribution in [0.25, 0.3) is 0 Å². The highest BCUT2D eigenvalue weighted by Gasteiger charge is 2.16. The maximum atomic E-state index is 3.63. The third-order valence-electron chi connectivity index (χ3n) is 2.85. The summed E-state index contributed by atoms with van der Waals surface area (Å²) in [6.07, 6.45) is 1.25. The summed E-state index contributed by atoms with van der Waals surface area (Å²) in [4.78, 5) is 0. The van der Waals surface area contributed by atoms with E-state index in [0.29, 0.717) is 12.1 Å². The van der Waals surface area contributed by atoms with Crippen LogP contribution in [-0.2, 0) is 0 Å². The molecular weight excluding hydrogens is 172 g/mol. The molecule has 1 aliphatic rings. The van der Waals surface area contributed by atoms with Crippen LogP contribution in [-0.4, -0.2) is 19.1 Å². The van der Waals surface area contributed by atoms with Gasteiger partial charge in [0.25, 0.3) is 0 Å². The molecule has 0 saturated carbocycles. The molecule has 1 aromatic carbocycles. The fraction of sp³-hybridized carbons (Fsp3) is 0.500. The van der Waals surface area contributed by atoms with Crippen molar-refractivity contribution in [1.82, 2.24) is 10.6 Å². The SMILES string of the molecule is CC(NC1CCNC1)c1ccccc1. The van der Waals surface area contributed by atoms with Crippen molar-refractivity contribution in [3.05, 3.63) is 35.9 Å². The molecule has 2 N–H and O–H groups in total. The minimum Gasteiger partial charge on any atom is -0.315 e. The second-order valence-electron chi connectivity index (χ2n) is 3.99. The Labute approximate surface area is 85.7 Å². The summed E-state index contributed by atoms with van der Waals surface area (Å²) < 4.78 is 0. The molecule has 14 heavy (non-hydrogen) atoms. The molecule has 1 aliphatic heterocycles. The Kier molecular flexibility index (Phi) is 3.17. The molecule has 0 aliphatic carbocycles. The van der Waals surface area contributed by atoms with Crippen LogP contribution in [0.1, 0.15) is 24.9 Å². The van der Waals surface area contributed by atoms with Gasteiger partial charge in [-0.1, -0.05) is 30.3 Å². The van der Waals surface area contributed by atoms with Gasteiger partial charge < -0.3 is 10.6 Å². The highest BCUT2D eigenvalue weighted by Crippen LogP contribution is 2.13. The lowest BCUT2D eigenvalue weighted by Gasteiger charge is -2.18. The van der Waals surface area contributed by atoms with E-state index in [9.17, 15) is 0 Å². The first kappa shape index (κ1) is 9.69. The Balaban J connectivity index is 1.92. The first-order chi connectivity index (χ1) is 6.86. The van der Waals surface area contributed by atoms with E-state index >= 15 is 0 Å². The second-order valence-corrected chi connectivity index (χ2v) is 3.99. The van der Waals surface area contributed by atoms with Gasteiger partial charge in [-0.15, -0.1) is 0 Å². The van der Waals surface area contributed by atoms with Crippen molar-refractivity contribution in [1.29, 1.82) is 0 Å². The van der Waals surface area contributed by atoms with Crippen molar-refractivity contribution >= 4 is 0 Å². The van der Waals surface area contributed by atoms with E-state index in [1.165, 1.54) is 12.0 Å². The molecule has 0 spiro atoms. The molecule has 2 rings (SSSR count). The van der Waals surface area contributed by atoms with Crippen molar-refractivity contribution in [3.63, 3.8) is 0 Å². The summed E-state index contributed by atoms with van der Waals surface area (Å²) in [5, 5.41) is 7.00. The Bertz CT molecular complexity index is 265. The number of rotatable bonds is 3. The van der Waals surface area contributed by atoms with E-state index in [2.05, 4.69) is 47.9 Å². The standard InChI is InChI=1S/C12H18N2/c1-10(11-5-3-2-4-6-11)14-12-7-8-13-9-12/h2-6,10,12-14H,7-9H2,1H3. The largest absolute Gasteiger partial charge is 0.315 e. The molecule has 2 atom stereocenters. The highest BCUT2D eigenvalue weighted by molar-refractivity contribution is 5.18. The van der Waals surface area contributed by atoms with E-state index in [4.69, 9.17) is 0 Å². The highest BCUT2D eigenvalue weighted by atomic mass is 15.0. The van der Waals surface area contributed by atoms with E-state index in [1.807, 2.05) is 0 Å². The third kappa shape index (κ3) is 2.34. The van der Waals surface area contributed by atoms with Gasteiger partial charge in [-0.25, -0.2) is 0 Å². The summed E-state index contributed by atoms with van der Waals surface area (Å²) in [5.74, 6) is 0. The summed E-state index contributed by atoms with van der Waals surface area (Å²) >= 11 is 0. The molecule has 1 heterocycles. The van der Waals surface area contributed by atoms with Gasteiger partial charge in [0.05, 0.1) is 0 Å². The summed E-state index contributed by atoms with van der Waals surface area (Å²) in [6.45, 7) is 4.49. The second kappa shape index (κ2) is 4.58. The van der Waals surface area contributed by atoms with Crippen LogP contribution in [0.15, 0.2) is 30.3 Å². The lowest BCUT2D eigenvalue weighted by Crippen LogP contribution is -2.33. The normalized spacial score (nSPS) is 23.6. The monoisotopic (exact) mass is 190 g/mol. The first-order valence-corrected chi connectivity index (χ1v) is 5.38. The molecule has 1 saturated heterocycles. The molecule has 2 unspecified atom stereocenters. The van der Waals surface area contributed by atoms with E-state index in [-0.39, 0.29) is 0 Å². The van der Waals surface area contributed by atoms with Gasteiger partial charge in [0.2, 0.25) is 0 Å². The number of nitrogens with one attached hydrogen (secondary N) is 2. The molecule has 0 aromatic heterocycles. The van der Waals surface area contributed by atoms with Crippen molar-refractivity contribution in [2.75, 3.05) is 13.1 Å².